The number of aliphatic hydroxyl groups excluding tert-OH is 1. The van der Waals surface area contributed by atoms with E-state index in [4.69, 9.17) is 23.7 Å². The van der Waals surface area contributed by atoms with E-state index >= 15 is 0 Å². The van der Waals surface area contributed by atoms with Crippen molar-refractivity contribution in [2.24, 2.45) is 29.6 Å². The quantitative estimate of drug-likeness (QED) is 0.199. The first-order chi connectivity index (χ1) is 28.6. The lowest BCUT2D eigenvalue weighted by Crippen LogP contribution is -2.64. The first kappa shape index (κ1) is 47.8. The molecule has 60 heavy (non-hydrogen) atoms. The van der Waals surface area contributed by atoms with Crippen molar-refractivity contribution in [3.05, 3.63) is 42.0 Å². The summed E-state index contributed by atoms with van der Waals surface area (Å²) < 4.78 is 32.2. The number of imidazole rings is 1. The number of piperidine rings is 1. The van der Waals surface area contributed by atoms with Crippen LogP contribution in [0.25, 0.3) is 0 Å². The molecule has 1 amide bonds. The lowest BCUT2D eigenvalue weighted by Gasteiger charge is -2.47. The second kappa shape index (κ2) is 21.2. The number of aliphatic hydroxyl groups is 2. The highest BCUT2D eigenvalue weighted by Crippen LogP contribution is 2.40. The van der Waals surface area contributed by atoms with Crippen LogP contribution in [-0.2, 0) is 42.9 Å². The van der Waals surface area contributed by atoms with Crippen molar-refractivity contribution in [2.75, 3.05) is 27.9 Å². The molecule has 4 aliphatic rings. The Hall–Kier alpha value is -3.27. The minimum absolute atomic E-state index is 0.0329. The second-order valence-electron chi connectivity index (χ2n) is 18.2. The number of fused-ring (bicyclic) bond motifs is 3. The molecule has 336 valence electrons. The van der Waals surface area contributed by atoms with Crippen molar-refractivity contribution in [2.45, 2.75) is 167 Å². The molecule has 1 aromatic heterocycles. The monoisotopic (exact) mass is 842 g/mol. The van der Waals surface area contributed by atoms with Gasteiger partial charge in [0, 0.05) is 70.5 Å². The average molecular weight is 842 g/mol. The molecule has 14 nitrogen and oxygen atoms in total. The number of esters is 1. The van der Waals surface area contributed by atoms with E-state index < -0.39 is 77.9 Å². The van der Waals surface area contributed by atoms with E-state index in [9.17, 15) is 29.4 Å². The highest BCUT2D eigenvalue weighted by atomic mass is 16.7. The van der Waals surface area contributed by atoms with Gasteiger partial charge in [-0.25, -0.2) is 9.78 Å². The summed E-state index contributed by atoms with van der Waals surface area (Å²) in [5.74, 6) is -6.79. The molecule has 0 aromatic carbocycles. The Bertz CT molecular complexity index is 1680. The first-order valence-electron chi connectivity index (χ1n) is 22.1. The third-order valence-electron chi connectivity index (χ3n) is 13.8. The molecule has 3 fully saturated rings. The maximum absolute atomic E-state index is 14.6. The molecular formula is C46H71N3O11. The number of methoxy groups -OCH3 is 3. The van der Waals surface area contributed by atoms with Crippen LogP contribution >= 0.6 is 0 Å². The number of ether oxygens (including phenoxy) is 5. The topological polar surface area (TPSA) is 176 Å². The van der Waals surface area contributed by atoms with Crippen LogP contribution in [-0.4, -0.2) is 124 Å². The molecule has 1 saturated carbocycles. The van der Waals surface area contributed by atoms with Gasteiger partial charge in [0.15, 0.2) is 0 Å². The van der Waals surface area contributed by atoms with Gasteiger partial charge in [-0.05, 0) is 95.5 Å². The van der Waals surface area contributed by atoms with Gasteiger partial charge < -0.3 is 43.4 Å². The van der Waals surface area contributed by atoms with Gasteiger partial charge in [-0.1, -0.05) is 45.4 Å². The van der Waals surface area contributed by atoms with Crippen molar-refractivity contribution in [1.82, 2.24) is 14.5 Å². The maximum Gasteiger partial charge on any atom is 0.329 e. The number of cyclic esters (lactones) is 1. The summed E-state index contributed by atoms with van der Waals surface area (Å²) in [6, 6.07) is -1.55. The summed E-state index contributed by atoms with van der Waals surface area (Å²) in [5.41, 5.74) is 1.82. The third kappa shape index (κ3) is 10.8. The zero-order valence-electron chi connectivity index (χ0n) is 37.3. The fourth-order valence-electron chi connectivity index (χ4n) is 10.2. The molecule has 1 unspecified atom stereocenters. The van der Waals surface area contributed by atoms with Crippen molar-refractivity contribution in [3.8, 4) is 0 Å². The highest BCUT2D eigenvalue weighted by molar-refractivity contribution is 6.39. The molecule has 4 heterocycles. The molecule has 2 bridgehead atoms. The van der Waals surface area contributed by atoms with Crippen LogP contribution in [0.1, 0.15) is 118 Å². The molecule has 14 atom stereocenters. The average Bonchev–Trinajstić information content (AvgIpc) is 3.78. The smallest absolute Gasteiger partial charge is 0.329 e. The molecule has 3 aliphatic heterocycles. The van der Waals surface area contributed by atoms with Gasteiger partial charge in [-0.3, -0.25) is 14.4 Å². The van der Waals surface area contributed by atoms with E-state index in [2.05, 4.69) is 24.1 Å². The molecule has 5 rings (SSSR count). The number of allylic oxidation sites excluding steroid dienone is 3. The normalized spacial score (nSPS) is 39.6. The standard InChI is InChI=1S/C46H71N3O11/c1-10-33-20-27(2)19-28(3)21-39(57-8)42-40(58-9)23-30(5)46(55,60-42)43(52)44(53)49-17-12-11-13-34(49)45(54)59-41(29(4)22-32-14-15-36(50)38(24-32)56-7)31(6)35(25-37(33)51)48-18-16-47-26-48/h16,18,20,22,26,28,30-36,38-42,50,55H,10-15,17,19,21,23-25H2,1-9H3/b27-20+,29-22+/t28-,30+,31+,32-,33+,34-,35?,36+,38+,39-,40-,41+,42+,46+/m0/s1. The Labute approximate surface area is 356 Å². The molecule has 2 N–H and O–H groups in total. The zero-order valence-corrected chi connectivity index (χ0v) is 37.3. The number of rotatable bonds is 7. The summed E-state index contributed by atoms with van der Waals surface area (Å²) in [7, 11) is 4.69. The largest absolute Gasteiger partial charge is 0.456 e. The zero-order chi connectivity index (χ0) is 43.9. The number of hydrogen-bond acceptors (Lipinski definition) is 12. The molecule has 14 heteroatoms. The van der Waals surface area contributed by atoms with Gasteiger partial charge >= 0.3 is 5.97 Å². The third-order valence-corrected chi connectivity index (χ3v) is 13.8. The van der Waals surface area contributed by atoms with Crippen LogP contribution in [0, 0.1) is 29.6 Å². The highest BCUT2D eigenvalue weighted by Gasteiger charge is 2.56. The lowest BCUT2D eigenvalue weighted by atomic mass is 9.81. The van der Waals surface area contributed by atoms with Crippen molar-refractivity contribution >= 4 is 23.4 Å². The first-order valence-corrected chi connectivity index (χ1v) is 22.1. The second-order valence-corrected chi connectivity index (χ2v) is 18.2. The van der Waals surface area contributed by atoms with Gasteiger partial charge in [0.1, 0.15) is 24.0 Å². The van der Waals surface area contributed by atoms with E-state index in [0.29, 0.717) is 51.4 Å². The summed E-state index contributed by atoms with van der Waals surface area (Å²) in [4.78, 5) is 63.3. The Morgan fingerprint density at radius 2 is 1.67 bits per heavy atom. The van der Waals surface area contributed by atoms with Crippen LogP contribution in [0.3, 0.4) is 0 Å². The van der Waals surface area contributed by atoms with Crippen molar-refractivity contribution in [3.63, 3.8) is 0 Å². The van der Waals surface area contributed by atoms with E-state index in [1.165, 1.54) is 4.90 Å². The van der Waals surface area contributed by atoms with E-state index in [1.807, 2.05) is 38.5 Å². The summed E-state index contributed by atoms with van der Waals surface area (Å²) in [5, 5.41) is 22.7. The van der Waals surface area contributed by atoms with Crippen molar-refractivity contribution < 1.29 is 53.1 Å². The van der Waals surface area contributed by atoms with Gasteiger partial charge in [0.2, 0.25) is 5.79 Å². The fraction of sp³-hybridized carbons (Fsp3) is 0.761. The minimum Gasteiger partial charge on any atom is -0.456 e. The number of carbonyl (C=O) groups excluding carboxylic acids is 4. The predicted octanol–water partition coefficient (Wildman–Crippen LogP) is 5.55. The van der Waals surface area contributed by atoms with Gasteiger partial charge in [0.05, 0.1) is 30.7 Å². The molecule has 1 aliphatic carbocycles. The van der Waals surface area contributed by atoms with Crippen LogP contribution in [0.4, 0.5) is 0 Å². The Morgan fingerprint density at radius 1 is 0.967 bits per heavy atom. The van der Waals surface area contributed by atoms with Crippen LogP contribution in [0.2, 0.25) is 0 Å². The van der Waals surface area contributed by atoms with Gasteiger partial charge in [-0.2, -0.15) is 0 Å². The van der Waals surface area contributed by atoms with Crippen LogP contribution in [0.5, 0.6) is 0 Å². The lowest BCUT2D eigenvalue weighted by molar-refractivity contribution is -0.302. The fourth-order valence-corrected chi connectivity index (χ4v) is 10.2. The Kier molecular flexibility index (Phi) is 16.9. The summed E-state index contributed by atoms with van der Waals surface area (Å²) in [6.07, 6.45) is 11.0. The Balaban J connectivity index is 1.60. The predicted molar refractivity (Wildman–Crippen MR) is 223 cm³/mol. The SMILES string of the molecule is CC[C@@H]1/C=C(\C)C[C@H](C)C[C@H](OC)[C@H]2O[C@@](O)(C(=O)C(=O)N3CCCC[C@H]3C(=O)O[C@H](/C(C)=C/[C@@H]3CC[C@@H](O)[C@H](OC)C3)[C@H](C)C(n3ccnc3)CC1=O)[C@H](C)C[C@@H]2OC. The van der Waals surface area contributed by atoms with Crippen LogP contribution in [0.15, 0.2) is 42.0 Å². The molecular weight excluding hydrogens is 771 g/mol. The molecule has 0 spiro atoms. The van der Waals surface area contributed by atoms with E-state index in [1.54, 1.807) is 40.8 Å². The molecule has 2 saturated heterocycles. The number of Topliss-reactive ketones (excluding diaryl/α,β-unsaturated/α-hetero) is 2. The molecule has 0 radical (unpaired) electrons. The van der Waals surface area contributed by atoms with Crippen LogP contribution < -0.4 is 0 Å². The van der Waals surface area contributed by atoms with Gasteiger partial charge in [-0.15, -0.1) is 0 Å². The van der Waals surface area contributed by atoms with E-state index in [-0.39, 0.29) is 55.4 Å². The van der Waals surface area contributed by atoms with Crippen molar-refractivity contribution in [1.29, 1.82) is 0 Å². The number of aromatic nitrogens is 2. The number of nitrogens with zero attached hydrogens (tertiary/aromatic N) is 3. The van der Waals surface area contributed by atoms with E-state index in [0.717, 1.165) is 11.1 Å². The number of ketones is 2. The van der Waals surface area contributed by atoms with Gasteiger partial charge in [0.25, 0.3) is 11.7 Å². The number of hydrogen-bond donors (Lipinski definition) is 2. The summed E-state index contributed by atoms with van der Waals surface area (Å²) in [6.45, 7) is 11.8. The number of carbonyl (C=O) groups is 4. The maximum atomic E-state index is 14.6. The number of amides is 1. The molecule has 1 aromatic rings. The minimum atomic E-state index is -2.49. The Morgan fingerprint density at radius 3 is 2.32 bits per heavy atom. The summed E-state index contributed by atoms with van der Waals surface area (Å²) >= 11 is 0.